The summed E-state index contributed by atoms with van der Waals surface area (Å²) in [5.74, 6) is -0.114. The highest BCUT2D eigenvalue weighted by Crippen LogP contribution is 2.18. The van der Waals surface area contributed by atoms with Crippen molar-refractivity contribution >= 4 is 41.4 Å². The molecule has 6 amide bonds. The fraction of sp³-hybridized carbons (Fsp3) is 0.316. The van der Waals surface area contributed by atoms with Gasteiger partial charge in [0.15, 0.2) is 0 Å². The van der Waals surface area contributed by atoms with E-state index in [2.05, 4.69) is 21.1 Å². The Labute approximate surface area is 176 Å². The zero-order valence-corrected chi connectivity index (χ0v) is 16.7. The zero-order valence-electron chi connectivity index (χ0n) is 15.9. The topological polar surface area (TPSA) is 123 Å². The van der Waals surface area contributed by atoms with Gasteiger partial charge in [-0.1, -0.05) is 30.3 Å². The van der Waals surface area contributed by atoms with Crippen molar-refractivity contribution in [1.82, 2.24) is 25.9 Å². The molecule has 0 spiro atoms. The molecule has 0 radical (unpaired) electrons. The van der Waals surface area contributed by atoms with Crippen LogP contribution < -0.4 is 16.0 Å². The summed E-state index contributed by atoms with van der Waals surface area (Å²) in [6.07, 6.45) is 1.83. The summed E-state index contributed by atoms with van der Waals surface area (Å²) in [6, 6.07) is 5.74. The minimum atomic E-state index is -1.05. The highest BCUT2D eigenvalue weighted by molar-refractivity contribution is 8.03. The Kier molecular flexibility index (Phi) is 5.70. The van der Waals surface area contributed by atoms with Gasteiger partial charge in [-0.2, -0.15) is 5.10 Å². The van der Waals surface area contributed by atoms with Crippen LogP contribution in [0.15, 0.2) is 46.9 Å². The van der Waals surface area contributed by atoms with Crippen LogP contribution in [-0.2, 0) is 9.59 Å². The van der Waals surface area contributed by atoms with E-state index in [1.54, 1.807) is 42.1 Å². The van der Waals surface area contributed by atoms with E-state index in [-0.39, 0.29) is 19.0 Å². The largest absolute Gasteiger partial charge is 0.352 e. The van der Waals surface area contributed by atoms with Gasteiger partial charge in [-0.15, -0.1) is 11.8 Å². The van der Waals surface area contributed by atoms with Gasteiger partial charge in [-0.05, 0) is 17.0 Å². The average molecular weight is 428 g/mol. The first-order valence-electron chi connectivity index (χ1n) is 9.41. The lowest BCUT2D eigenvalue weighted by Crippen LogP contribution is -2.63. The molecule has 3 aliphatic rings. The molecule has 156 valence electrons. The SMILES string of the molecule is O=C1NCC1NC(=O)C(NC(=O)N1CCN(N=C2C=CSC2)C1=O)c1ccccc1. The number of β-lactam (4-membered cyclic amide) rings is 1. The number of thioether (sulfide) groups is 1. The summed E-state index contributed by atoms with van der Waals surface area (Å²) in [5, 5.41) is 15.2. The van der Waals surface area contributed by atoms with Crippen LogP contribution in [0, 0.1) is 0 Å². The molecule has 4 rings (SSSR count). The van der Waals surface area contributed by atoms with Crippen molar-refractivity contribution < 1.29 is 19.2 Å². The van der Waals surface area contributed by atoms with E-state index in [0.29, 0.717) is 17.9 Å². The number of carbonyl (C=O) groups is 4. The summed E-state index contributed by atoms with van der Waals surface area (Å²) in [5.41, 5.74) is 1.30. The van der Waals surface area contributed by atoms with Crippen LogP contribution in [-0.4, -0.2) is 70.9 Å². The molecule has 0 aliphatic carbocycles. The van der Waals surface area contributed by atoms with Crippen LogP contribution in [0.2, 0.25) is 0 Å². The molecule has 3 N–H and O–H groups in total. The smallest absolute Gasteiger partial charge is 0.348 e. The van der Waals surface area contributed by atoms with Crippen LogP contribution in [0.1, 0.15) is 11.6 Å². The Hall–Kier alpha value is -3.34. The standard InChI is InChI=1S/C19H20N6O4S/c26-16-14(10-20-16)21-17(27)15(12-4-2-1-3-5-12)22-18(28)24-7-8-25(19(24)29)23-13-6-9-30-11-13/h1-6,9,14-15H,7-8,10-11H2,(H,20,26)(H,21,27)(H,22,28). The number of nitrogens with zero attached hydrogens (tertiary/aromatic N) is 3. The Morgan fingerprint density at radius 3 is 2.63 bits per heavy atom. The van der Waals surface area contributed by atoms with Crippen LogP contribution >= 0.6 is 11.8 Å². The molecule has 2 saturated heterocycles. The zero-order chi connectivity index (χ0) is 21.1. The van der Waals surface area contributed by atoms with Crippen molar-refractivity contribution in [2.75, 3.05) is 25.4 Å². The lowest BCUT2D eigenvalue weighted by atomic mass is 10.0. The third-order valence-electron chi connectivity index (χ3n) is 4.85. The number of imide groups is 1. The van der Waals surface area contributed by atoms with E-state index in [1.165, 1.54) is 5.01 Å². The van der Waals surface area contributed by atoms with Gasteiger partial charge in [0.2, 0.25) is 11.8 Å². The monoisotopic (exact) mass is 428 g/mol. The van der Waals surface area contributed by atoms with Crippen molar-refractivity contribution in [3.63, 3.8) is 0 Å². The Bertz CT molecular complexity index is 934. The molecule has 10 nitrogen and oxygen atoms in total. The highest BCUT2D eigenvalue weighted by atomic mass is 32.2. The number of rotatable bonds is 5. The fourth-order valence-electron chi connectivity index (χ4n) is 3.14. The first-order chi connectivity index (χ1) is 14.5. The average Bonchev–Trinajstić information content (AvgIpc) is 3.40. The van der Waals surface area contributed by atoms with E-state index < -0.39 is 30.1 Å². The van der Waals surface area contributed by atoms with Crippen LogP contribution in [0.25, 0.3) is 0 Å². The van der Waals surface area contributed by atoms with Gasteiger partial charge in [0, 0.05) is 12.3 Å². The molecule has 0 aromatic heterocycles. The molecule has 0 saturated carbocycles. The maximum Gasteiger partial charge on any atom is 0.348 e. The molecular formula is C19H20N6O4S. The van der Waals surface area contributed by atoms with Gasteiger partial charge in [0.1, 0.15) is 12.1 Å². The second kappa shape index (κ2) is 8.57. The molecule has 1 aromatic rings. The summed E-state index contributed by atoms with van der Waals surface area (Å²) >= 11 is 1.58. The maximum absolute atomic E-state index is 12.8. The molecule has 0 bridgehead atoms. The van der Waals surface area contributed by atoms with E-state index in [0.717, 1.165) is 10.6 Å². The van der Waals surface area contributed by atoms with Gasteiger partial charge in [-0.25, -0.2) is 19.5 Å². The van der Waals surface area contributed by atoms with Crippen molar-refractivity contribution in [2.24, 2.45) is 5.10 Å². The number of hydrogen-bond donors (Lipinski definition) is 3. The molecule has 3 aliphatic heterocycles. The molecule has 11 heteroatoms. The number of nitrogens with one attached hydrogen (secondary N) is 3. The Morgan fingerprint density at radius 1 is 1.20 bits per heavy atom. The van der Waals surface area contributed by atoms with Gasteiger partial charge < -0.3 is 16.0 Å². The number of urea groups is 2. The molecular weight excluding hydrogens is 408 g/mol. The number of benzene rings is 1. The first-order valence-corrected chi connectivity index (χ1v) is 10.5. The van der Waals surface area contributed by atoms with Crippen LogP contribution in [0.5, 0.6) is 0 Å². The lowest BCUT2D eigenvalue weighted by Gasteiger charge is -2.29. The fourth-order valence-corrected chi connectivity index (χ4v) is 3.81. The molecule has 2 atom stereocenters. The van der Waals surface area contributed by atoms with Crippen molar-refractivity contribution in [3.8, 4) is 0 Å². The minimum absolute atomic E-state index is 0.159. The molecule has 1 aromatic carbocycles. The van der Waals surface area contributed by atoms with Gasteiger partial charge in [0.05, 0.1) is 18.8 Å². The molecule has 2 unspecified atom stereocenters. The molecule has 30 heavy (non-hydrogen) atoms. The van der Waals surface area contributed by atoms with Crippen molar-refractivity contribution in [2.45, 2.75) is 12.1 Å². The quantitative estimate of drug-likeness (QED) is 0.586. The number of hydrazone groups is 1. The third kappa shape index (κ3) is 4.15. The van der Waals surface area contributed by atoms with Gasteiger partial charge in [0.25, 0.3) is 0 Å². The number of carbonyl (C=O) groups excluding carboxylic acids is 4. The van der Waals surface area contributed by atoms with E-state index in [1.807, 2.05) is 11.5 Å². The Morgan fingerprint density at radius 2 is 2.00 bits per heavy atom. The summed E-state index contributed by atoms with van der Waals surface area (Å²) in [4.78, 5) is 50.7. The predicted octanol–water partition coefficient (Wildman–Crippen LogP) is 0.406. The summed E-state index contributed by atoms with van der Waals surface area (Å²) in [7, 11) is 0. The maximum atomic E-state index is 12.8. The normalized spacial score (nSPS) is 22.7. The predicted molar refractivity (Wildman–Crippen MR) is 110 cm³/mol. The lowest BCUT2D eigenvalue weighted by molar-refractivity contribution is -0.134. The van der Waals surface area contributed by atoms with Crippen LogP contribution in [0.3, 0.4) is 0 Å². The van der Waals surface area contributed by atoms with Crippen molar-refractivity contribution in [1.29, 1.82) is 0 Å². The number of hydrogen-bond acceptors (Lipinski definition) is 6. The molecule has 3 heterocycles. The van der Waals surface area contributed by atoms with E-state index in [9.17, 15) is 19.2 Å². The highest BCUT2D eigenvalue weighted by Gasteiger charge is 2.37. The first kappa shape index (κ1) is 20.0. The third-order valence-corrected chi connectivity index (χ3v) is 5.64. The second-order valence-corrected chi connectivity index (χ2v) is 7.76. The summed E-state index contributed by atoms with van der Waals surface area (Å²) < 4.78 is 0. The van der Waals surface area contributed by atoms with Gasteiger partial charge in [-0.3, -0.25) is 9.59 Å². The number of allylic oxidation sites excluding steroid dienone is 1. The second-order valence-electron chi connectivity index (χ2n) is 6.86. The van der Waals surface area contributed by atoms with E-state index >= 15 is 0 Å². The number of amides is 6. The summed E-state index contributed by atoms with van der Waals surface area (Å²) in [6.45, 7) is 0.776. The van der Waals surface area contributed by atoms with Gasteiger partial charge >= 0.3 is 12.1 Å². The van der Waals surface area contributed by atoms with Crippen molar-refractivity contribution in [3.05, 3.63) is 47.4 Å². The van der Waals surface area contributed by atoms with E-state index in [4.69, 9.17) is 0 Å². The minimum Gasteiger partial charge on any atom is -0.352 e. The molecule has 2 fully saturated rings. The van der Waals surface area contributed by atoms with Crippen LogP contribution in [0.4, 0.5) is 9.59 Å². The Balaban J connectivity index is 1.45.